The highest BCUT2D eigenvalue weighted by Gasteiger charge is 2.34. The number of alkyl halides is 3. The van der Waals surface area contributed by atoms with Crippen molar-refractivity contribution in [1.29, 1.82) is 0 Å². The molecular formula is C9H5F4NO2. The lowest BCUT2D eigenvalue weighted by Crippen LogP contribution is -2.11. The van der Waals surface area contributed by atoms with Gasteiger partial charge in [-0.05, 0) is 18.2 Å². The van der Waals surface area contributed by atoms with Crippen molar-refractivity contribution in [3.8, 4) is 0 Å². The first-order valence-electron chi connectivity index (χ1n) is 4.05. The fourth-order valence-electron chi connectivity index (χ4n) is 1.07. The first-order valence-corrected chi connectivity index (χ1v) is 4.05. The van der Waals surface area contributed by atoms with Crippen molar-refractivity contribution in [1.82, 2.24) is 0 Å². The predicted molar refractivity (Wildman–Crippen MR) is 46.4 cm³/mol. The number of carbonyl (C=O) groups excluding carboxylic acids is 1. The molecule has 0 atom stereocenters. The number of Topliss-reactive ketones (excluding diaryl/α,β-unsaturated/α-hetero) is 1. The zero-order chi connectivity index (χ0) is 12.3. The van der Waals surface area contributed by atoms with Gasteiger partial charge in [-0.25, -0.2) is 4.39 Å². The monoisotopic (exact) mass is 235 g/mol. The molecule has 0 radical (unpaired) electrons. The molecule has 0 amide bonds. The van der Waals surface area contributed by atoms with Gasteiger partial charge in [-0.3, -0.25) is 4.79 Å². The van der Waals surface area contributed by atoms with E-state index in [1.807, 2.05) is 0 Å². The van der Waals surface area contributed by atoms with Crippen molar-refractivity contribution in [3.05, 3.63) is 40.1 Å². The van der Waals surface area contributed by atoms with Crippen LogP contribution in [0.1, 0.15) is 15.9 Å². The second-order valence-corrected chi connectivity index (χ2v) is 2.90. The minimum Gasteiger partial charge on any atom is -0.292 e. The molecule has 86 valence electrons. The number of ketones is 1. The molecule has 0 unspecified atom stereocenters. The fourth-order valence-corrected chi connectivity index (χ4v) is 1.07. The van der Waals surface area contributed by atoms with E-state index in [1.165, 1.54) is 0 Å². The van der Waals surface area contributed by atoms with Crippen molar-refractivity contribution < 1.29 is 22.4 Å². The van der Waals surface area contributed by atoms with Gasteiger partial charge in [0.1, 0.15) is 12.4 Å². The Bertz CT molecular complexity index is 428. The van der Waals surface area contributed by atoms with Crippen LogP contribution in [-0.2, 0) is 6.18 Å². The summed E-state index contributed by atoms with van der Waals surface area (Å²) in [7, 11) is 0. The molecule has 0 aliphatic carbocycles. The minimum atomic E-state index is -4.88. The first-order chi connectivity index (χ1) is 7.36. The maximum Gasteiger partial charge on any atom is 0.419 e. The van der Waals surface area contributed by atoms with Gasteiger partial charge in [-0.2, -0.15) is 18.1 Å². The molecule has 1 rings (SSSR count). The van der Waals surface area contributed by atoms with Gasteiger partial charge in [0.05, 0.1) is 5.56 Å². The number of hydrogen-bond donors (Lipinski definition) is 0. The van der Waals surface area contributed by atoms with Crippen LogP contribution in [0.4, 0.5) is 17.6 Å². The zero-order valence-corrected chi connectivity index (χ0v) is 7.71. The third kappa shape index (κ3) is 2.62. The first kappa shape index (κ1) is 12.3. The van der Waals surface area contributed by atoms with Crippen molar-refractivity contribution in [3.63, 3.8) is 0 Å². The summed E-state index contributed by atoms with van der Waals surface area (Å²) in [5.74, 6) is -2.36. The van der Waals surface area contributed by atoms with Crippen LogP contribution in [0.3, 0.4) is 0 Å². The van der Waals surface area contributed by atoms with Gasteiger partial charge in [-0.15, -0.1) is 0 Å². The van der Waals surface area contributed by atoms with E-state index >= 15 is 0 Å². The summed E-state index contributed by atoms with van der Waals surface area (Å²) in [6.45, 7) is -0.775. The van der Waals surface area contributed by atoms with Gasteiger partial charge in [0.15, 0.2) is 5.78 Å². The quantitative estimate of drug-likeness (QED) is 0.459. The molecule has 0 N–H and O–H groups in total. The molecular weight excluding hydrogens is 230 g/mol. The molecule has 0 aliphatic heterocycles. The van der Waals surface area contributed by atoms with Gasteiger partial charge in [-0.1, -0.05) is 5.18 Å². The summed E-state index contributed by atoms with van der Waals surface area (Å²) < 4.78 is 49.5. The van der Waals surface area contributed by atoms with Gasteiger partial charge in [0.25, 0.3) is 0 Å². The van der Waals surface area contributed by atoms with Crippen LogP contribution in [0.15, 0.2) is 23.4 Å². The van der Waals surface area contributed by atoms with Gasteiger partial charge in [0.2, 0.25) is 0 Å². The molecule has 16 heavy (non-hydrogen) atoms. The third-order valence-electron chi connectivity index (χ3n) is 1.80. The molecule has 0 bridgehead atoms. The minimum absolute atomic E-state index is 0.364. The lowest BCUT2D eigenvalue weighted by molar-refractivity contribution is -0.140. The molecule has 3 nitrogen and oxygen atoms in total. The number of carbonyl (C=O) groups is 1. The summed E-state index contributed by atoms with van der Waals surface area (Å²) in [6, 6.07) is 1.77. The Morgan fingerprint density at radius 3 is 2.44 bits per heavy atom. The summed E-state index contributed by atoms with van der Waals surface area (Å²) in [5.41, 5.74) is -1.93. The molecule has 0 aliphatic rings. The topological polar surface area (TPSA) is 46.5 Å². The Morgan fingerprint density at radius 1 is 1.31 bits per heavy atom. The van der Waals surface area contributed by atoms with Crippen LogP contribution in [0.2, 0.25) is 0 Å². The number of nitrogens with zero attached hydrogens (tertiary/aromatic N) is 1. The second kappa shape index (κ2) is 4.38. The maximum absolute atomic E-state index is 12.8. The molecule has 0 fully saturated rings. The van der Waals surface area contributed by atoms with E-state index in [0.29, 0.717) is 12.1 Å². The van der Waals surface area contributed by atoms with Crippen molar-refractivity contribution >= 4 is 5.78 Å². The molecule has 7 heteroatoms. The smallest absolute Gasteiger partial charge is 0.292 e. The van der Waals surface area contributed by atoms with Crippen LogP contribution in [-0.4, -0.2) is 12.3 Å². The van der Waals surface area contributed by atoms with E-state index in [4.69, 9.17) is 0 Å². The molecule has 0 aromatic heterocycles. The van der Waals surface area contributed by atoms with Crippen LogP contribution in [0, 0.1) is 10.7 Å². The van der Waals surface area contributed by atoms with Gasteiger partial charge >= 0.3 is 6.18 Å². The van der Waals surface area contributed by atoms with Gasteiger partial charge < -0.3 is 0 Å². The largest absolute Gasteiger partial charge is 0.419 e. The third-order valence-corrected chi connectivity index (χ3v) is 1.80. The summed E-state index contributed by atoms with van der Waals surface area (Å²) >= 11 is 0. The number of rotatable bonds is 3. The van der Waals surface area contributed by atoms with E-state index in [0.717, 1.165) is 6.07 Å². The Kier molecular flexibility index (Phi) is 3.36. The zero-order valence-electron chi connectivity index (χ0n) is 7.71. The van der Waals surface area contributed by atoms with E-state index in [2.05, 4.69) is 5.18 Å². The number of nitroso groups, excluding NO2 is 1. The maximum atomic E-state index is 12.8. The number of hydrogen-bond acceptors (Lipinski definition) is 3. The summed E-state index contributed by atoms with van der Waals surface area (Å²) in [4.78, 5) is 20.8. The van der Waals surface area contributed by atoms with Crippen LogP contribution < -0.4 is 0 Å². The Labute approximate surface area is 87.0 Å². The van der Waals surface area contributed by atoms with Crippen LogP contribution in [0.25, 0.3) is 0 Å². The predicted octanol–water partition coefficient (Wildman–Crippen LogP) is 2.79. The highest BCUT2D eigenvalue weighted by atomic mass is 19.4. The van der Waals surface area contributed by atoms with E-state index < -0.39 is 35.4 Å². The van der Waals surface area contributed by atoms with Gasteiger partial charge in [0, 0.05) is 5.56 Å². The summed E-state index contributed by atoms with van der Waals surface area (Å²) in [6.07, 6.45) is -4.88. The lowest BCUT2D eigenvalue weighted by atomic mass is 10.1. The second-order valence-electron chi connectivity index (χ2n) is 2.90. The molecule has 0 heterocycles. The highest BCUT2D eigenvalue weighted by molar-refractivity contribution is 5.97. The van der Waals surface area contributed by atoms with Crippen molar-refractivity contribution in [2.45, 2.75) is 6.18 Å². The van der Waals surface area contributed by atoms with E-state index in [-0.39, 0.29) is 0 Å². The van der Waals surface area contributed by atoms with Crippen molar-refractivity contribution in [2.24, 2.45) is 5.18 Å². The molecule has 1 aromatic rings. The highest BCUT2D eigenvalue weighted by Crippen LogP contribution is 2.31. The molecule has 0 saturated carbocycles. The number of halogens is 4. The number of benzene rings is 1. The normalized spacial score (nSPS) is 11.2. The van der Waals surface area contributed by atoms with E-state index in [1.54, 1.807) is 0 Å². The Morgan fingerprint density at radius 2 is 1.94 bits per heavy atom. The Balaban J connectivity index is 3.17. The SMILES string of the molecule is O=NCC(=O)c1ccc(F)c(C(F)(F)F)c1. The Hall–Kier alpha value is -1.79. The standard InChI is InChI=1S/C9H5F4NO2/c10-7-2-1-5(8(15)4-14-16)3-6(7)9(11,12)13/h1-3H,4H2. The molecule has 0 spiro atoms. The lowest BCUT2D eigenvalue weighted by Gasteiger charge is -2.08. The average Bonchev–Trinajstić information content (AvgIpc) is 2.16. The van der Waals surface area contributed by atoms with Crippen LogP contribution in [0.5, 0.6) is 0 Å². The molecule has 1 aromatic carbocycles. The fraction of sp³-hybridized carbons (Fsp3) is 0.222. The molecule has 0 saturated heterocycles. The summed E-state index contributed by atoms with van der Waals surface area (Å²) in [5, 5.41) is 2.25. The van der Waals surface area contributed by atoms with Crippen molar-refractivity contribution in [2.75, 3.05) is 6.54 Å². The van der Waals surface area contributed by atoms with E-state index in [9.17, 15) is 27.3 Å². The average molecular weight is 235 g/mol. The van der Waals surface area contributed by atoms with Crippen LogP contribution >= 0.6 is 0 Å².